The SMILES string of the molecule is CCCC(=O)N[C@@H](Cc1c[nH]c2ccccc12)C(=O)N[C@@H](CCC(=O)C=[N+]=N)C(=O)OC(C)C. The third kappa shape index (κ3) is 7.97. The molecule has 182 valence electrons. The van der Waals surface area contributed by atoms with E-state index in [1.165, 1.54) is 0 Å². The van der Waals surface area contributed by atoms with Crippen LogP contribution in [0.2, 0.25) is 0 Å². The number of ether oxygens (including phenoxy) is 1. The maximum absolute atomic E-state index is 13.2. The number of carbonyl (C=O) groups excluding carboxylic acids is 4. The van der Waals surface area contributed by atoms with Crippen molar-refractivity contribution >= 4 is 40.7 Å². The number of rotatable bonds is 13. The Morgan fingerprint density at radius 1 is 1.12 bits per heavy atom. The molecule has 0 aliphatic carbocycles. The van der Waals surface area contributed by atoms with E-state index in [0.29, 0.717) is 6.42 Å². The lowest BCUT2D eigenvalue weighted by Crippen LogP contribution is -2.53. The van der Waals surface area contributed by atoms with E-state index in [4.69, 9.17) is 10.3 Å². The minimum atomic E-state index is -1.09. The molecule has 2 amide bonds. The fourth-order valence-electron chi connectivity index (χ4n) is 3.48. The van der Waals surface area contributed by atoms with E-state index in [9.17, 15) is 19.2 Å². The standard InChI is InChI=1S/C24H31N5O5/c1-4-7-22(31)28-21(12-16-13-26-19-9-6-5-8-18(16)19)23(32)29-20(24(33)34-15(2)3)11-10-17(30)14-27-25/h5-6,8-9,13-15,20-21,25-26H,4,7,10-12H2,1-3H3,(H-,28,29,31,32)/p+1/t20-,21-/m0/s1. The van der Waals surface area contributed by atoms with Gasteiger partial charge in [0.15, 0.2) is 0 Å². The summed E-state index contributed by atoms with van der Waals surface area (Å²) in [6, 6.07) is 5.60. The Hall–Kier alpha value is -3.78. The van der Waals surface area contributed by atoms with Crippen molar-refractivity contribution in [3.05, 3.63) is 36.0 Å². The quantitative estimate of drug-likeness (QED) is 0.153. The second kappa shape index (κ2) is 13.1. The number of amides is 2. The maximum Gasteiger partial charge on any atom is 0.372 e. The molecule has 1 aromatic carbocycles. The molecule has 0 radical (unpaired) electrons. The molecular weight excluding hydrogens is 438 g/mol. The van der Waals surface area contributed by atoms with Crippen molar-refractivity contribution in [1.82, 2.24) is 15.6 Å². The molecule has 2 rings (SSSR count). The topological polar surface area (TPSA) is 155 Å². The molecule has 0 spiro atoms. The van der Waals surface area contributed by atoms with E-state index < -0.39 is 35.8 Å². The van der Waals surface area contributed by atoms with Gasteiger partial charge in [0.2, 0.25) is 17.6 Å². The highest BCUT2D eigenvalue weighted by Crippen LogP contribution is 2.19. The highest BCUT2D eigenvalue weighted by atomic mass is 16.5. The Morgan fingerprint density at radius 3 is 2.53 bits per heavy atom. The highest BCUT2D eigenvalue weighted by Gasteiger charge is 2.29. The Kier molecular flexibility index (Phi) is 10.2. The molecule has 1 aromatic heterocycles. The second-order valence-corrected chi connectivity index (χ2v) is 8.24. The van der Waals surface area contributed by atoms with Crippen molar-refractivity contribution in [2.75, 3.05) is 0 Å². The molecule has 1 heterocycles. The van der Waals surface area contributed by atoms with Crippen LogP contribution in [0.25, 0.3) is 10.9 Å². The molecule has 10 nitrogen and oxygen atoms in total. The lowest BCUT2D eigenvalue weighted by Gasteiger charge is -2.23. The van der Waals surface area contributed by atoms with Gasteiger partial charge in [0, 0.05) is 36.4 Å². The van der Waals surface area contributed by atoms with Crippen LogP contribution >= 0.6 is 0 Å². The molecule has 34 heavy (non-hydrogen) atoms. The van der Waals surface area contributed by atoms with Crippen LogP contribution in [0.5, 0.6) is 0 Å². The van der Waals surface area contributed by atoms with E-state index >= 15 is 0 Å². The van der Waals surface area contributed by atoms with Crippen molar-refractivity contribution in [2.45, 2.75) is 71.1 Å². The summed E-state index contributed by atoms with van der Waals surface area (Å²) >= 11 is 0. The molecule has 0 aliphatic rings. The van der Waals surface area contributed by atoms with Gasteiger partial charge in [0.05, 0.1) is 16.4 Å². The van der Waals surface area contributed by atoms with Gasteiger partial charge in [-0.3, -0.25) is 14.4 Å². The van der Waals surface area contributed by atoms with Gasteiger partial charge >= 0.3 is 12.2 Å². The lowest BCUT2D eigenvalue weighted by atomic mass is 10.0. The minimum Gasteiger partial charge on any atom is -0.461 e. The van der Waals surface area contributed by atoms with Crippen LogP contribution in [0.4, 0.5) is 0 Å². The number of fused-ring (bicyclic) bond motifs is 1. The van der Waals surface area contributed by atoms with Crippen LogP contribution in [0, 0.1) is 5.53 Å². The lowest BCUT2D eigenvalue weighted by molar-refractivity contribution is -0.152. The number of nitrogens with zero attached hydrogens (tertiary/aromatic N) is 1. The first-order valence-electron chi connectivity index (χ1n) is 11.3. The molecule has 4 N–H and O–H groups in total. The normalized spacial score (nSPS) is 12.5. The van der Waals surface area contributed by atoms with E-state index in [-0.39, 0.29) is 31.6 Å². The number of hydrogen-bond acceptors (Lipinski definition) is 6. The number of Topliss-reactive ketones (excluding diaryl/α,β-unsaturated/α-hetero) is 1. The highest BCUT2D eigenvalue weighted by molar-refractivity contribution is 6.25. The zero-order chi connectivity index (χ0) is 25.1. The molecular formula is C24H32N5O5+. The molecule has 10 heteroatoms. The van der Waals surface area contributed by atoms with Gasteiger partial charge in [-0.25, -0.2) is 4.79 Å². The summed E-state index contributed by atoms with van der Waals surface area (Å²) in [6.45, 7) is 5.22. The third-order valence-corrected chi connectivity index (χ3v) is 5.07. The van der Waals surface area contributed by atoms with Crippen LogP contribution in [0.1, 0.15) is 52.0 Å². The number of benzene rings is 1. The van der Waals surface area contributed by atoms with Gasteiger partial charge in [0.25, 0.3) is 0 Å². The van der Waals surface area contributed by atoms with Gasteiger partial charge < -0.3 is 20.4 Å². The van der Waals surface area contributed by atoms with Crippen LogP contribution in [-0.2, 0) is 30.3 Å². The number of H-pyrrole nitrogens is 1. The van der Waals surface area contributed by atoms with Crippen molar-refractivity contribution in [3.63, 3.8) is 0 Å². The summed E-state index contributed by atoms with van der Waals surface area (Å²) in [5.41, 5.74) is 8.51. The minimum absolute atomic E-state index is 0.0230. The predicted octanol–water partition coefficient (Wildman–Crippen LogP) is 2.09. The first kappa shape index (κ1) is 26.5. The number of hydrogen-bond donors (Lipinski definition) is 4. The Morgan fingerprint density at radius 2 is 1.85 bits per heavy atom. The molecule has 2 aromatic rings. The Labute approximate surface area is 198 Å². The van der Waals surface area contributed by atoms with Crippen molar-refractivity contribution < 1.29 is 28.7 Å². The van der Waals surface area contributed by atoms with Crippen LogP contribution in [0.15, 0.2) is 30.5 Å². The number of nitrogens with one attached hydrogen (secondary N) is 4. The number of ketones is 1. The van der Waals surface area contributed by atoms with Gasteiger partial charge in [-0.2, -0.15) is 0 Å². The van der Waals surface area contributed by atoms with Crippen LogP contribution in [0.3, 0.4) is 0 Å². The summed E-state index contributed by atoms with van der Waals surface area (Å²) in [6.07, 6.45) is 3.19. The summed E-state index contributed by atoms with van der Waals surface area (Å²) < 4.78 is 5.24. The van der Waals surface area contributed by atoms with Crippen LogP contribution in [-0.4, -0.2) is 57.7 Å². The van der Waals surface area contributed by atoms with Crippen molar-refractivity contribution in [3.8, 4) is 0 Å². The molecule has 0 aliphatic heterocycles. The zero-order valence-electron chi connectivity index (χ0n) is 19.7. The number of aromatic amines is 1. The summed E-state index contributed by atoms with van der Waals surface area (Å²) in [5.74, 6) is -1.95. The van der Waals surface area contributed by atoms with E-state index in [0.717, 1.165) is 22.7 Å². The first-order valence-corrected chi connectivity index (χ1v) is 11.3. The molecule has 0 saturated heterocycles. The smallest absolute Gasteiger partial charge is 0.372 e. The van der Waals surface area contributed by atoms with Crippen molar-refractivity contribution in [1.29, 1.82) is 5.53 Å². The van der Waals surface area contributed by atoms with Crippen LogP contribution < -0.4 is 10.6 Å². The number of aromatic nitrogens is 1. The van der Waals surface area contributed by atoms with Gasteiger partial charge in [0.1, 0.15) is 12.1 Å². The summed E-state index contributed by atoms with van der Waals surface area (Å²) in [5, 5.41) is 6.34. The third-order valence-electron chi connectivity index (χ3n) is 5.07. The van der Waals surface area contributed by atoms with E-state index in [2.05, 4.69) is 20.4 Å². The number of carbonyl (C=O) groups is 4. The molecule has 0 unspecified atom stereocenters. The molecule has 0 fully saturated rings. The molecule has 0 saturated carbocycles. The average molecular weight is 471 g/mol. The molecule has 0 bridgehead atoms. The predicted molar refractivity (Wildman–Crippen MR) is 125 cm³/mol. The van der Waals surface area contributed by atoms with Gasteiger partial charge in [-0.05, 0) is 38.3 Å². The second-order valence-electron chi connectivity index (χ2n) is 8.24. The monoisotopic (exact) mass is 470 g/mol. The Balaban J connectivity index is 2.24. The number of esters is 1. The average Bonchev–Trinajstić information content (AvgIpc) is 3.18. The van der Waals surface area contributed by atoms with E-state index in [1.54, 1.807) is 20.0 Å². The fraction of sp³-hybridized carbons (Fsp3) is 0.458. The first-order chi connectivity index (χ1) is 16.2. The largest absolute Gasteiger partial charge is 0.461 e. The summed E-state index contributed by atoms with van der Waals surface area (Å²) in [4.78, 5) is 56.0. The fourth-order valence-corrected chi connectivity index (χ4v) is 3.48. The van der Waals surface area contributed by atoms with Gasteiger partial charge in [-0.15, -0.1) is 0 Å². The van der Waals surface area contributed by atoms with Gasteiger partial charge in [-0.1, -0.05) is 25.1 Å². The number of para-hydroxylation sites is 1. The Bertz CT molecular complexity index is 1070. The zero-order valence-corrected chi connectivity index (χ0v) is 19.7. The molecule has 2 atom stereocenters. The van der Waals surface area contributed by atoms with E-state index in [1.807, 2.05) is 31.2 Å². The maximum atomic E-state index is 13.2. The van der Waals surface area contributed by atoms with Crippen molar-refractivity contribution in [2.24, 2.45) is 0 Å². The summed E-state index contributed by atoms with van der Waals surface area (Å²) in [7, 11) is 0.